The Kier molecular flexibility index (Phi) is 9.73. The molecule has 0 unspecified atom stereocenters. The van der Waals surface area contributed by atoms with E-state index in [4.69, 9.17) is 5.73 Å². The molecule has 24 heavy (non-hydrogen) atoms. The molecule has 6 nitrogen and oxygen atoms in total. The number of nitrogens with zero attached hydrogens (tertiary/aromatic N) is 2. The van der Waals surface area contributed by atoms with Gasteiger partial charge in [0.1, 0.15) is 0 Å². The van der Waals surface area contributed by atoms with Gasteiger partial charge in [-0.1, -0.05) is 18.2 Å². The van der Waals surface area contributed by atoms with Crippen molar-refractivity contribution in [1.29, 1.82) is 0 Å². The summed E-state index contributed by atoms with van der Waals surface area (Å²) in [5, 5.41) is 2.85. The van der Waals surface area contributed by atoms with Gasteiger partial charge in [0.05, 0.1) is 6.04 Å². The summed E-state index contributed by atoms with van der Waals surface area (Å²) in [5.74, 6) is -0.0340. The summed E-state index contributed by atoms with van der Waals surface area (Å²) < 4.78 is 0. The maximum absolute atomic E-state index is 11.6. The Labute approximate surface area is 155 Å². The molecule has 1 saturated heterocycles. The number of piperazine rings is 1. The lowest BCUT2D eigenvalue weighted by atomic mass is 10.1. The fraction of sp³-hybridized carbons (Fsp3) is 0.500. The van der Waals surface area contributed by atoms with Gasteiger partial charge in [0.25, 0.3) is 0 Å². The van der Waals surface area contributed by atoms with Gasteiger partial charge in [-0.25, -0.2) is 0 Å². The fourth-order valence-corrected chi connectivity index (χ4v) is 2.57. The van der Waals surface area contributed by atoms with Crippen molar-refractivity contribution in [3.05, 3.63) is 29.8 Å². The number of benzene rings is 1. The van der Waals surface area contributed by atoms with Gasteiger partial charge < -0.3 is 20.9 Å². The highest BCUT2D eigenvalue weighted by Gasteiger charge is 2.20. The van der Waals surface area contributed by atoms with E-state index in [9.17, 15) is 9.59 Å². The zero-order chi connectivity index (χ0) is 16.1. The second kappa shape index (κ2) is 10.4. The van der Waals surface area contributed by atoms with E-state index in [-0.39, 0.29) is 36.6 Å². The second-order valence-corrected chi connectivity index (χ2v) is 5.63. The fourth-order valence-electron chi connectivity index (χ4n) is 2.57. The monoisotopic (exact) mass is 376 g/mol. The molecule has 0 spiro atoms. The SMILES string of the molecule is CC(=O)N1CCN(c2ccccc2CNC(=O)[C@@H](C)N)CC1.Cl.Cl. The molecule has 0 bridgehead atoms. The minimum absolute atomic E-state index is 0. The first kappa shape index (κ1) is 22.5. The van der Waals surface area contributed by atoms with Gasteiger partial charge in [0.15, 0.2) is 0 Å². The molecule has 1 atom stereocenters. The van der Waals surface area contributed by atoms with E-state index in [1.165, 1.54) is 0 Å². The van der Waals surface area contributed by atoms with Crippen LogP contribution in [0.2, 0.25) is 0 Å². The number of amides is 2. The van der Waals surface area contributed by atoms with Crippen LogP contribution in [-0.2, 0) is 16.1 Å². The number of nitrogens with one attached hydrogen (secondary N) is 1. The molecule has 1 aromatic rings. The Balaban J connectivity index is 0.00000264. The summed E-state index contributed by atoms with van der Waals surface area (Å²) in [6.07, 6.45) is 0. The summed E-state index contributed by atoms with van der Waals surface area (Å²) in [6, 6.07) is 7.50. The van der Waals surface area contributed by atoms with Gasteiger partial charge >= 0.3 is 0 Å². The molecule has 2 amide bonds. The van der Waals surface area contributed by atoms with E-state index >= 15 is 0 Å². The van der Waals surface area contributed by atoms with E-state index in [1.807, 2.05) is 23.1 Å². The lowest BCUT2D eigenvalue weighted by molar-refractivity contribution is -0.129. The Morgan fingerprint density at radius 2 is 1.75 bits per heavy atom. The number of para-hydroxylation sites is 1. The Morgan fingerprint density at radius 1 is 1.17 bits per heavy atom. The maximum atomic E-state index is 11.6. The van der Waals surface area contributed by atoms with Crippen LogP contribution in [0, 0.1) is 0 Å². The molecule has 1 heterocycles. The zero-order valence-electron chi connectivity index (χ0n) is 14.0. The van der Waals surface area contributed by atoms with Crippen molar-refractivity contribution in [3.63, 3.8) is 0 Å². The second-order valence-electron chi connectivity index (χ2n) is 5.63. The van der Waals surface area contributed by atoms with E-state index in [0.29, 0.717) is 6.54 Å². The van der Waals surface area contributed by atoms with Crippen molar-refractivity contribution in [3.8, 4) is 0 Å². The summed E-state index contributed by atoms with van der Waals surface area (Å²) in [4.78, 5) is 27.1. The molecular weight excluding hydrogens is 351 g/mol. The average Bonchev–Trinajstić information content (AvgIpc) is 2.52. The molecule has 0 saturated carbocycles. The summed E-state index contributed by atoms with van der Waals surface area (Å²) in [5.41, 5.74) is 7.73. The van der Waals surface area contributed by atoms with Crippen LogP contribution >= 0.6 is 24.8 Å². The molecule has 0 aromatic heterocycles. The van der Waals surface area contributed by atoms with Crippen LogP contribution in [0.5, 0.6) is 0 Å². The number of nitrogens with two attached hydrogens (primary N) is 1. The smallest absolute Gasteiger partial charge is 0.236 e. The molecular formula is C16H26Cl2N4O2. The lowest BCUT2D eigenvalue weighted by Crippen LogP contribution is -2.48. The van der Waals surface area contributed by atoms with Gasteiger partial charge in [0, 0.05) is 45.3 Å². The molecule has 8 heteroatoms. The Hall–Kier alpha value is -1.50. The maximum Gasteiger partial charge on any atom is 0.236 e. The van der Waals surface area contributed by atoms with Crippen molar-refractivity contribution in [2.45, 2.75) is 26.4 Å². The highest BCUT2D eigenvalue weighted by atomic mass is 35.5. The zero-order valence-corrected chi connectivity index (χ0v) is 15.7. The molecule has 0 radical (unpaired) electrons. The van der Waals surface area contributed by atoms with Crippen LogP contribution in [0.3, 0.4) is 0 Å². The van der Waals surface area contributed by atoms with Crippen molar-refractivity contribution in [1.82, 2.24) is 10.2 Å². The number of carbonyl (C=O) groups excluding carboxylic acids is 2. The normalized spacial score (nSPS) is 15.0. The molecule has 1 fully saturated rings. The van der Waals surface area contributed by atoms with Gasteiger partial charge in [0.2, 0.25) is 11.8 Å². The van der Waals surface area contributed by atoms with Crippen LogP contribution < -0.4 is 16.0 Å². The molecule has 2 rings (SSSR count). The van der Waals surface area contributed by atoms with E-state index in [1.54, 1.807) is 13.8 Å². The number of rotatable bonds is 4. The van der Waals surface area contributed by atoms with Crippen molar-refractivity contribution in [2.24, 2.45) is 5.73 Å². The standard InChI is InChI=1S/C16H24N4O2.2ClH/c1-12(17)16(22)18-11-14-5-3-4-6-15(14)20-9-7-19(8-10-20)13(2)21;;/h3-6,12H,7-11,17H2,1-2H3,(H,18,22);2*1H/t12-;;/m1../s1. The predicted octanol–water partition coefficient (Wildman–Crippen LogP) is 1.16. The van der Waals surface area contributed by atoms with Gasteiger partial charge in [-0.3, -0.25) is 9.59 Å². The summed E-state index contributed by atoms with van der Waals surface area (Å²) in [7, 11) is 0. The van der Waals surface area contributed by atoms with Crippen LogP contribution in [0.15, 0.2) is 24.3 Å². The molecule has 1 aromatic carbocycles. The van der Waals surface area contributed by atoms with Crippen molar-refractivity contribution < 1.29 is 9.59 Å². The van der Waals surface area contributed by atoms with E-state index < -0.39 is 6.04 Å². The largest absolute Gasteiger partial charge is 0.368 e. The Bertz CT molecular complexity index is 547. The number of halogens is 2. The predicted molar refractivity (Wildman–Crippen MR) is 101 cm³/mol. The van der Waals surface area contributed by atoms with Gasteiger partial charge in [-0.05, 0) is 18.6 Å². The first-order chi connectivity index (χ1) is 10.5. The lowest BCUT2D eigenvalue weighted by Gasteiger charge is -2.36. The quantitative estimate of drug-likeness (QED) is 0.826. The molecule has 1 aliphatic rings. The summed E-state index contributed by atoms with van der Waals surface area (Å²) >= 11 is 0. The molecule has 0 aliphatic carbocycles. The van der Waals surface area contributed by atoms with Crippen LogP contribution in [-0.4, -0.2) is 48.9 Å². The molecule has 136 valence electrons. The average molecular weight is 377 g/mol. The minimum Gasteiger partial charge on any atom is -0.368 e. The number of hydrogen-bond acceptors (Lipinski definition) is 4. The third-order valence-corrected chi connectivity index (χ3v) is 3.92. The third-order valence-electron chi connectivity index (χ3n) is 3.92. The first-order valence-corrected chi connectivity index (χ1v) is 7.60. The van der Waals surface area contributed by atoms with E-state index in [0.717, 1.165) is 37.4 Å². The summed E-state index contributed by atoms with van der Waals surface area (Å²) in [6.45, 7) is 6.81. The first-order valence-electron chi connectivity index (χ1n) is 7.60. The van der Waals surface area contributed by atoms with E-state index in [2.05, 4.69) is 16.3 Å². The Morgan fingerprint density at radius 3 is 2.29 bits per heavy atom. The highest BCUT2D eigenvalue weighted by Crippen LogP contribution is 2.21. The van der Waals surface area contributed by atoms with Crippen LogP contribution in [0.1, 0.15) is 19.4 Å². The molecule has 3 N–H and O–H groups in total. The van der Waals surface area contributed by atoms with Crippen molar-refractivity contribution in [2.75, 3.05) is 31.1 Å². The third kappa shape index (κ3) is 5.85. The van der Waals surface area contributed by atoms with Gasteiger partial charge in [-0.2, -0.15) is 0 Å². The number of anilines is 1. The topological polar surface area (TPSA) is 78.7 Å². The molecule has 1 aliphatic heterocycles. The van der Waals surface area contributed by atoms with Gasteiger partial charge in [-0.15, -0.1) is 24.8 Å². The van der Waals surface area contributed by atoms with Crippen LogP contribution in [0.25, 0.3) is 0 Å². The number of hydrogen-bond donors (Lipinski definition) is 2. The van der Waals surface area contributed by atoms with Crippen LogP contribution in [0.4, 0.5) is 5.69 Å². The highest BCUT2D eigenvalue weighted by molar-refractivity contribution is 5.85. The van der Waals surface area contributed by atoms with Crippen molar-refractivity contribution >= 4 is 42.3 Å². The number of carbonyl (C=O) groups is 2. The minimum atomic E-state index is -0.508.